The highest BCUT2D eigenvalue weighted by Crippen LogP contribution is 2.36. The highest BCUT2D eigenvalue weighted by atomic mass is 79.9. The summed E-state index contributed by atoms with van der Waals surface area (Å²) in [6.45, 7) is 4.17. The van der Waals surface area contributed by atoms with Crippen molar-refractivity contribution in [2.45, 2.75) is 25.1 Å². The minimum absolute atomic E-state index is 0.0724. The first-order valence-corrected chi connectivity index (χ1v) is 7.13. The first-order chi connectivity index (χ1) is 8.59. The van der Waals surface area contributed by atoms with Gasteiger partial charge in [-0.15, -0.1) is 11.6 Å². The van der Waals surface area contributed by atoms with Gasteiger partial charge in [0, 0.05) is 22.3 Å². The van der Waals surface area contributed by atoms with Crippen molar-refractivity contribution >= 4 is 27.5 Å². The fourth-order valence-corrected chi connectivity index (χ4v) is 2.53. The lowest BCUT2D eigenvalue weighted by atomic mass is 9.96. The zero-order valence-corrected chi connectivity index (χ0v) is 12.7. The second kappa shape index (κ2) is 5.85. The van der Waals surface area contributed by atoms with Gasteiger partial charge in [-0.2, -0.15) is 0 Å². The lowest BCUT2D eigenvalue weighted by Crippen LogP contribution is -2.04. The third-order valence-corrected chi connectivity index (χ3v) is 4.59. The fraction of sp³-hybridized carbons (Fsp3) is 0.267. The van der Waals surface area contributed by atoms with E-state index in [1.807, 2.05) is 18.2 Å². The summed E-state index contributed by atoms with van der Waals surface area (Å²) in [5, 5.41) is -0.0724. The van der Waals surface area contributed by atoms with Crippen molar-refractivity contribution in [3.05, 3.63) is 63.9 Å². The number of hydrogen-bond donors (Lipinski definition) is 0. The van der Waals surface area contributed by atoms with Crippen LogP contribution < -0.4 is 0 Å². The molecule has 2 unspecified atom stereocenters. The van der Waals surface area contributed by atoms with Crippen molar-refractivity contribution in [2.24, 2.45) is 0 Å². The van der Waals surface area contributed by atoms with Gasteiger partial charge in [0.15, 0.2) is 0 Å². The number of aromatic nitrogens is 1. The van der Waals surface area contributed by atoms with Crippen LogP contribution in [0.5, 0.6) is 0 Å². The summed E-state index contributed by atoms with van der Waals surface area (Å²) < 4.78 is 1.10. The van der Waals surface area contributed by atoms with E-state index in [2.05, 4.69) is 53.0 Å². The van der Waals surface area contributed by atoms with Crippen LogP contribution in [0.25, 0.3) is 0 Å². The molecule has 0 bridgehead atoms. The van der Waals surface area contributed by atoms with Gasteiger partial charge >= 0.3 is 0 Å². The van der Waals surface area contributed by atoms with Gasteiger partial charge in [0.25, 0.3) is 0 Å². The average molecular weight is 325 g/mol. The molecule has 0 saturated heterocycles. The molecule has 0 aliphatic carbocycles. The molecular formula is C15H15BrClN. The predicted molar refractivity (Wildman–Crippen MR) is 80.1 cm³/mol. The maximum absolute atomic E-state index is 6.55. The van der Waals surface area contributed by atoms with Crippen molar-refractivity contribution in [1.82, 2.24) is 4.98 Å². The first kappa shape index (κ1) is 13.6. The average Bonchev–Trinajstić information content (AvgIpc) is 2.41. The number of aryl methyl sites for hydroxylation is 1. The first-order valence-electron chi connectivity index (χ1n) is 5.90. The number of benzene rings is 1. The Bertz CT molecular complexity index is 527. The van der Waals surface area contributed by atoms with Gasteiger partial charge in [-0.25, -0.2) is 0 Å². The summed E-state index contributed by atoms with van der Waals surface area (Å²) in [6, 6.07) is 12.2. The number of pyridine rings is 1. The third-order valence-electron chi connectivity index (χ3n) is 3.11. The van der Waals surface area contributed by atoms with E-state index in [0.29, 0.717) is 0 Å². The lowest BCUT2D eigenvalue weighted by molar-refractivity contribution is 0.706. The molecule has 3 heteroatoms. The number of halogens is 2. The summed E-state index contributed by atoms with van der Waals surface area (Å²) in [5.74, 6) is 0.183. The van der Waals surface area contributed by atoms with Gasteiger partial charge in [-0.3, -0.25) is 4.98 Å². The summed E-state index contributed by atoms with van der Waals surface area (Å²) in [6.07, 6.45) is 1.81. The maximum atomic E-state index is 6.55. The second-order valence-corrected chi connectivity index (χ2v) is 5.78. The molecule has 2 atom stereocenters. The normalized spacial score (nSPS) is 14.2. The molecule has 1 heterocycles. The Morgan fingerprint density at radius 2 is 2.00 bits per heavy atom. The van der Waals surface area contributed by atoms with Crippen molar-refractivity contribution in [2.75, 3.05) is 0 Å². The van der Waals surface area contributed by atoms with Crippen molar-refractivity contribution in [1.29, 1.82) is 0 Å². The Kier molecular flexibility index (Phi) is 4.41. The standard InChI is InChI=1S/C15H15BrClN/c1-10-6-7-12(9-13(10)16)15(17)11(2)14-5-3-4-8-18-14/h3-9,11,15H,1-2H3. The van der Waals surface area contributed by atoms with Crippen LogP contribution in [-0.2, 0) is 0 Å². The smallest absolute Gasteiger partial charge is 0.0666 e. The van der Waals surface area contributed by atoms with E-state index < -0.39 is 0 Å². The van der Waals surface area contributed by atoms with E-state index >= 15 is 0 Å². The molecule has 0 amide bonds. The van der Waals surface area contributed by atoms with Crippen molar-refractivity contribution < 1.29 is 0 Å². The molecule has 2 rings (SSSR count). The minimum Gasteiger partial charge on any atom is -0.261 e. The molecular weight excluding hydrogens is 310 g/mol. The van der Waals surface area contributed by atoms with Gasteiger partial charge in [0.05, 0.1) is 5.38 Å². The Morgan fingerprint density at radius 3 is 2.61 bits per heavy atom. The molecule has 0 aliphatic rings. The second-order valence-electron chi connectivity index (χ2n) is 4.45. The van der Waals surface area contributed by atoms with Crippen LogP contribution >= 0.6 is 27.5 Å². The molecule has 0 N–H and O–H groups in total. The Balaban J connectivity index is 2.25. The van der Waals surface area contributed by atoms with Crippen LogP contribution in [-0.4, -0.2) is 4.98 Å². The molecule has 1 aromatic heterocycles. The summed E-state index contributed by atoms with van der Waals surface area (Å²) >= 11 is 10.1. The van der Waals surface area contributed by atoms with Gasteiger partial charge in [0.2, 0.25) is 0 Å². The van der Waals surface area contributed by atoms with E-state index in [-0.39, 0.29) is 11.3 Å². The monoisotopic (exact) mass is 323 g/mol. The number of hydrogen-bond acceptors (Lipinski definition) is 1. The summed E-state index contributed by atoms with van der Waals surface area (Å²) in [5.41, 5.74) is 3.36. The number of rotatable bonds is 3. The maximum Gasteiger partial charge on any atom is 0.0666 e. The van der Waals surface area contributed by atoms with Gasteiger partial charge in [-0.1, -0.05) is 41.1 Å². The van der Waals surface area contributed by atoms with E-state index in [9.17, 15) is 0 Å². The SMILES string of the molecule is Cc1ccc(C(Cl)C(C)c2ccccn2)cc1Br. The van der Waals surface area contributed by atoms with Crippen LogP contribution in [0.2, 0.25) is 0 Å². The van der Waals surface area contributed by atoms with E-state index in [1.54, 1.807) is 6.20 Å². The van der Waals surface area contributed by atoms with E-state index in [1.165, 1.54) is 5.56 Å². The predicted octanol–water partition coefficient (Wildman–Crippen LogP) is 5.24. The van der Waals surface area contributed by atoms with Crippen LogP contribution in [0.15, 0.2) is 47.1 Å². The molecule has 2 aromatic rings. The van der Waals surface area contributed by atoms with Crippen LogP contribution in [0.4, 0.5) is 0 Å². The van der Waals surface area contributed by atoms with Gasteiger partial charge < -0.3 is 0 Å². The molecule has 94 valence electrons. The van der Waals surface area contributed by atoms with Crippen LogP contribution in [0, 0.1) is 6.92 Å². The zero-order valence-electron chi connectivity index (χ0n) is 10.4. The third kappa shape index (κ3) is 2.93. The molecule has 0 aliphatic heterocycles. The largest absolute Gasteiger partial charge is 0.261 e. The molecule has 0 radical (unpaired) electrons. The topological polar surface area (TPSA) is 12.9 Å². The van der Waals surface area contributed by atoms with E-state index in [0.717, 1.165) is 15.7 Å². The molecule has 18 heavy (non-hydrogen) atoms. The number of nitrogens with zero attached hydrogens (tertiary/aromatic N) is 1. The molecule has 1 aromatic carbocycles. The van der Waals surface area contributed by atoms with Crippen LogP contribution in [0.1, 0.15) is 35.0 Å². The van der Waals surface area contributed by atoms with E-state index in [4.69, 9.17) is 11.6 Å². The Labute approximate surface area is 121 Å². The van der Waals surface area contributed by atoms with Crippen LogP contribution in [0.3, 0.4) is 0 Å². The highest BCUT2D eigenvalue weighted by molar-refractivity contribution is 9.10. The lowest BCUT2D eigenvalue weighted by Gasteiger charge is -2.18. The van der Waals surface area contributed by atoms with Crippen molar-refractivity contribution in [3.8, 4) is 0 Å². The Hall–Kier alpha value is -0.860. The van der Waals surface area contributed by atoms with Gasteiger partial charge in [-0.05, 0) is 36.2 Å². The summed E-state index contributed by atoms with van der Waals surface area (Å²) in [7, 11) is 0. The van der Waals surface area contributed by atoms with Crippen molar-refractivity contribution in [3.63, 3.8) is 0 Å². The number of alkyl halides is 1. The minimum atomic E-state index is -0.0724. The zero-order chi connectivity index (χ0) is 13.1. The summed E-state index contributed by atoms with van der Waals surface area (Å²) in [4.78, 5) is 4.37. The molecule has 0 spiro atoms. The molecule has 0 fully saturated rings. The van der Waals surface area contributed by atoms with Gasteiger partial charge in [0.1, 0.15) is 0 Å². The quantitative estimate of drug-likeness (QED) is 0.704. The molecule has 0 saturated carbocycles. The fourth-order valence-electron chi connectivity index (χ4n) is 1.86. The highest BCUT2D eigenvalue weighted by Gasteiger charge is 2.19. The Morgan fingerprint density at radius 1 is 1.22 bits per heavy atom. The molecule has 1 nitrogen and oxygen atoms in total.